The molecule has 0 atom stereocenters. The number of fused-ring (bicyclic) bond motifs is 1. The summed E-state index contributed by atoms with van der Waals surface area (Å²) in [6, 6.07) is 3.00. The van der Waals surface area contributed by atoms with Crippen molar-refractivity contribution >= 4 is 10.0 Å². The molecule has 0 fully saturated rings. The van der Waals surface area contributed by atoms with Crippen molar-refractivity contribution < 1.29 is 17.9 Å². The average Bonchev–Trinajstić information content (AvgIpc) is 2.63. The Morgan fingerprint density at radius 2 is 1.93 bits per heavy atom. The van der Waals surface area contributed by atoms with E-state index in [0.29, 0.717) is 17.1 Å². The van der Waals surface area contributed by atoms with Crippen molar-refractivity contribution in [2.45, 2.75) is 11.8 Å². The van der Waals surface area contributed by atoms with Crippen LogP contribution in [0.2, 0.25) is 0 Å². The summed E-state index contributed by atoms with van der Waals surface area (Å²) < 4.78 is 33.2. The van der Waals surface area contributed by atoms with E-state index in [9.17, 15) is 8.42 Å². The van der Waals surface area contributed by atoms with Crippen LogP contribution < -0.4 is 20.1 Å². The van der Waals surface area contributed by atoms with Gasteiger partial charge in [-0.15, -0.1) is 0 Å². The van der Waals surface area contributed by atoms with Crippen molar-refractivity contribution in [1.82, 2.24) is 4.83 Å². The second-order valence-electron chi connectivity index (χ2n) is 3.09. The Morgan fingerprint density at radius 1 is 1.33 bits per heavy atom. The van der Waals surface area contributed by atoms with E-state index in [1.807, 2.05) is 0 Å². The number of nitrogens with one attached hydrogen (secondary N) is 1. The van der Waals surface area contributed by atoms with Gasteiger partial charge < -0.3 is 9.47 Å². The number of hydrazine groups is 1. The van der Waals surface area contributed by atoms with Gasteiger partial charge in [0.05, 0.1) is 4.90 Å². The minimum Gasteiger partial charge on any atom is -0.454 e. The minimum absolute atomic E-state index is 0.0919. The monoisotopic (exact) mass is 230 g/mol. The molecule has 6 nitrogen and oxygen atoms in total. The molecular formula is C8H10N2O4S. The molecule has 1 aliphatic rings. The second kappa shape index (κ2) is 3.37. The fourth-order valence-corrected chi connectivity index (χ4v) is 2.25. The van der Waals surface area contributed by atoms with Crippen LogP contribution in [0.4, 0.5) is 0 Å². The summed E-state index contributed by atoms with van der Waals surface area (Å²) >= 11 is 0. The summed E-state index contributed by atoms with van der Waals surface area (Å²) in [7, 11) is -3.66. The van der Waals surface area contributed by atoms with Gasteiger partial charge >= 0.3 is 0 Å². The van der Waals surface area contributed by atoms with Crippen molar-refractivity contribution in [3.8, 4) is 11.5 Å². The molecule has 1 aliphatic heterocycles. The van der Waals surface area contributed by atoms with Crippen LogP contribution in [0.3, 0.4) is 0 Å². The van der Waals surface area contributed by atoms with Gasteiger partial charge in [-0.25, -0.2) is 8.42 Å². The van der Waals surface area contributed by atoms with Crippen LogP contribution in [0, 0.1) is 6.92 Å². The van der Waals surface area contributed by atoms with E-state index < -0.39 is 10.0 Å². The number of ether oxygens (including phenoxy) is 2. The molecule has 82 valence electrons. The maximum Gasteiger partial charge on any atom is 0.253 e. The number of hydrogen-bond donors (Lipinski definition) is 2. The highest BCUT2D eigenvalue weighted by Crippen LogP contribution is 2.35. The Kier molecular flexibility index (Phi) is 2.29. The van der Waals surface area contributed by atoms with Gasteiger partial charge in [-0.3, -0.25) is 5.84 Å². The zero-order chi connectivity index (χ0) is 11.1. The maximum absolute atomic E-state index is 11.5. The molecule has 0 bridgehead atoms. The van der Waals surface area contributed by atoms with Crippen LogP contribution in [-0.2, 0) is 10.0 Å². The third-order valence-electron chi connectivity index (χ3n) is 2.11. The first-order chi connectivity index (χ1) is 7.04. The van der Waals surface area contributed by atoms with E-state index in [0.717, 1.165) is 0 Å². The molecule has 1 aromatic rings. The summed E-state index contributed by atoms with van der Waals surface area (Å²) in [6.07, 6.45) is 0. The van der Waals surface area contributed by atoms with Crippen LogP contribution >= 0.6 is 0 Å². The molecule has 0 saturated carbocycles. The lowest BCUT2D eigenvalue weighted by molar-refractivity contribution is 0.174. The number of hydrogen-bond acceptors (Lipinski definition) is 5. The quantitative estimate of drug-likeness (QED) is 0.546. The van der Waals surface area contributed by atoms with Crippen molar-refractivity contribution in [2.24, 2.45) is 5.84 Å². The van der Waals surface area contributed by atoms with Crippen molar-refractivity contribution in [1.29, 1.82) is 0 Å². The van der Waals surface area contributed by atoms with Crippen molar-refractivity contribution in [2.75, 3.05) is 6.79 Å². The zero-order valence-corrected chi connectivity index (χ0v) is 8.80. The lowest BCUT2D eigenvalue weighted by Crippen LogP contribution is -2.30. The molecule has 1 aromatic carbocycles. The topological polar surface area (TPSA) is 90.7 Å². The Bertz CT molecular complexity index is 498. The average molecular weight is 230 g/mol. The van der Waals surface area contributed by atoms with Gasteiger partial charge in [0.1, 0.15) is 0 Å². The lowest BCUT2D eigenvalue weighted by Gasteiger charge is -2.07. The van der Waals surface area contributed by atoms with Crippen LogP contribution in [0.5, 0.6) is 11.5 Å². The lowest BCUT2D eigenvalue weighted by atomic mass is 10.2. The zero-order valence-electron chi connectivity index (χ0n) is 7.98. The Morgan fingerprint density at radius 3 is 2.53 bits per heavy atom. The van der Waals surface area contributed by atoms with E-state index in [4.69, 9.17) is 15.3 Å². The summed E-state index contributed by atoms with van der Waals surface area (Å²) in [5.74, 6) is 5.90. The SMILES string of the molecule is Cc1cc2c(cc1S(=O)(=O)NN)OCO2. The number of rotatable bonds is 2. The molecule has 0 spiro atoms. The van der Waals surface area contributed by atoms with E-state index in [1.165, 1.54) is 6.07 Å². The normalized spacial score (nSPS) is 14.3. The molecule has 0 aromatic heterocycles. The minimum atomic E-state index is -3.66. The molecular weight excluding hydrogens is 220 g/mol. The molecule has 1 heterocycles. The van der Waals surface area contributed by atoms with Gasteiger partial charge in [-0.1, -0.05) is 0 Å². The number of nitrogens with two attached hydrogens (primary N) is 1. The fraction of sp³-hybridized carbons (Fsp3) is 0.250. The van der Waals surface area contributed by atoms with E-state index in [1.54, 1.807) is 17.8 Å². The van der Waals surface area contributed by atoms with Gasteiger partial charge in [0.2, 0.25) is 6.79 Å². The van der Waals surface area contributed by atoms with Crippen LogP contribution in [0.1, 0.15) is 5.56 Å². The molecule has 0 saturated heterocycles. The molecule has 3 N–H and O–H groups in total. The summed E-state index contributed by atoms with van der Waals surface area (Å²) in [5, 5.41) is 0. The molecule has 0 aliphatic carbocycles. The highest BCUT2D eigenvalue weighted by atomic mass is 32.2. The first-order valence-corrected chi connectivity index (χ1v) is 5.65. The van der Waals surface area contributed by atoms with Crippen LogP contribution in [0.25, 0.3) is 0 Å². The van der Waals surface area contributed by atoms with Crippen molar-refractivity contribution in [3.63, 3.8) is 0 Å². The maximum atomic E-state index is 11.5. The van der Waals surface area contributed by atoms with Gasteiger partial charge in [0, 0.05) is 6.07 Å². The van der Waals surface area contributed by atoms with Crippen molar-refractivity contribution in [3.05, 3.63) is 17.7 Å². The fourth-order valence-electron chi connectivity index (χ4n) is 1.38. The van der Waals surface area contributed by atoms with Gasteiger partial charge in [0.15, 0.2) is 11.5 Å². The third kappa shape index (κ3) is 1.65. The molecule has 2 rings (SSSR count). The number of aryl methyl sites for hydroxylation is 1. The van der Waals surface area contributed by atoms with Crippen LogP contribution in [0.15, 0.2) is 17.0 Å². The molecule has 0 radical (unpaired) electrons. The van der Waals surface area contributed by atoms with E-state index in [-0.39, 0.29) is 11.7 Å². The Balaban J connectivity index is 2.60. The van der Waals surface area contributed by atoms with Gasteiger partial charge in [-0.05, 0) is 18.6 Å². The van der Waals surface area contributed by atoms with E-state index >= 15 is 0 Å². The predicted octanol–water partition coefficient (Wildman–Crippen LogP) is -0.124. The van der Waals surface area contributed by atoms with Crippen LogP contribution in [-0.4, -0.2) is 15.2 Å². The summed E-state index contributed by atoms with van der Waals surface area (Å²) in [5.41, 5.74) is 0.553. The smallest absolute Gasteiger partial charge is 0.253 e. The molecule has 7 heteroatoms. The van der Waals surface area contributed by atoms with E-state index in [2.05, 4.69) is 0 Å². The number of benzene rings is 1. The highest BCUT2D eigenvalue weighted by molar-refractivity contribution is 7.89. The first kappa shape index (κ1) is 10.2. The summed E-state index contributed by atoms with van der Waals surface area (Å²) in [4.78, 5) is 1.86. The highest BCUT2D eigenvalue weighted by Gasteiger charge is 2.21. The predicted molar refractivity (Wildman–Crippen MR) is 51.8 cm³/mol. The van der Waals surface area contributed by atoms with Gasteiger partial charge in [-0.2, -0.15) is 4.83 Å². The standard InChI is InChI=1S/C8H10N2O4S/c1-5-2-6-7(14-4-13-6)3-8(5)15(11,12)10-9/h2-3,10H,4,9H2,1H3. The largest absolute Gasteiger partial charge is 0.454 e. The third-order valence-corrected chi connectivity index (χ3v) is 3.44. The summed E-state index contributed by atoms with van der Waals surface area (Å²) in [6.45, 7) is 1.76. The second-order valence-corrected chi connectivity index (χ2v) is 4.77. The Hall–Kier alpha value is -1.31. The molecule has 15 heavy (non-hydrogen) atoms. The molecule has 0 amide bonds. The Labute approximate surface area is 87.0 Å². The molecule has 0 unspecified atom stereocenters. The van der Waals surface area contributed by atoms with Gasteiger partial charge in [0.25, 0.3) is 10.0 Å². The number of sulfonamides is 1. The first-order valence-electron chi connectivity index (χ1n) is 4.17.